The summed E-state index contributed by atoms with van der Waals surface area (Å²) in [5.74, 6) is -0.358. The molecule has 0 saturated carbocycles. The van der Waals surface area contributed by atoms with Crippen molar-refractivity contribution < 1.29 is 10.0 Å². The number of rotatable bonds is 4. The van der Waals surface area contributed by atoms with Crippen LogP contribution in [0.3, 0.4) is 0 Å². The van der Waals surface area contributed by atoms with Crippen LogP contribution >= 0.6 is 11.3 Å². The molecule has 0 radical (unpaired) electrons. The second-order valence-electron chi connectivity index (χ2n) is 3.53. The third-order valence-electron chi connectivity index (χ3n) is 2.28. The predicted molar refractivity (Wildman–Crippen MR) is 70.0 cm³/mol. The molecule has 0 aliphatic heterocycles. The van der Waals surface area contributed by atoms with Crippen molar-refractivity contribution in [2.45, 2.75) is 6.54 Å². The Balaban J connectivity index is 1.99. The molecule has 0 saturated heterocycles. The van der Waals surface area contributed by atoms with Gasteiger partial charge in [0.05, 0.1) is 6.54 Å². The number of aromatic nitrogens is 2. The first kappa shape index (κ1) is 13.0. The van der Waals surface area contributed by atoms with Gasteiger partial charge in [0.2, 0.25) is 0 Å². The van der Waals surface area contributed by atoms with Crippen molar-refractivity contribution in [3.8, 4) is 0 Å². The van der Waals surface area contributed by atoms with Gasteiger partial charge in [0, 0.05) is 23.3 Å². The van der Waals surface area contributed by atoms with Crippen molar-refractivity contribution in [2.75, 3.05) is 0 Å². The summed E-state index contributed by atoms with van der Waals surface area (Å²) in [6.07, 6.45) is 3.05. The number of thiazole rings is 1. The van der Waals surface area contributed by atoms with E-state index in [2.05, 4.69) is 20.4 Å². The summed E-state index contributed by atoms with van der Waals surface area (Å²) in [6.45, 7) is 0.361. The molecular weight excluding hydrogens is 266 g/mol. The maximum atomic E-state index is 11.8. The number of hydrogen-bond donors (Lipinski definition) is 3. The number of pyridine rings is 1. The smallest absolute Gasteiger partial charge is 0.270 e. The van der Waals surface area contributed by atoms with E-state index < -0.39 is 0 Å². The third-order valence-corrected chi connectivity index (χ3v) is 3.06. The molecule has 2 aromatic heterocycles. The summed E-state index contributed by atoms with van der Waals surface area (Å²) in [6, 6.07) is 3.06. The summed E-state index contributed by atoms with van der Waals surface area (Å²) in [4.78, 5) is 19.8. The Labute approximate surface area is 112 Å². The van der Waals surface area contributed by atoms with Crippen LogP contribution in [-0.4, -0.2) is 26.9 Å². The van der Waals surface area contributed by atoms with Crippen molar-refractivity contribution >= 4 is 23.1 Å². The molecule has 4 N–H and O–H groups in total. The molecule has 2 rings (SSSR count). The number of hydrogen-bond acceptors (Lipinski definition) is 6. The number of nitrogens with one attached hydrogen (secondary N) is 1. The van der Waals surface area contributed by atoms with Crippen LogP contribution in [-0.2, 0) is 6.54 Å². The van der Waals surface area contributed by atoms with Crippen LogP contribution in [0.15, 0.2) is 35.1 Å². The minimum Gasteiger partial charge on any atom is -0.409 e. The Morgan fingerprint density at radius 1 is 1.47 bits per heavy atom. The first-order valence-corrected chi connectivity index (χ1v) is 6.19. The van der Waals surface area contributed by atoms with Gasteiger partial charge in [-0.2, -0.15) is 0 Å². The number of carbonyl (C=O) groups is 1. The number of amidine groups is 1. The van der Waals surface area contributed by atoms with Crippen LogP contribution in [0.4, 0.5) is 0 Å². The minimum atomic E-state index is -0.304. The Morgan fingerprint density at radius 2 is 2.32 bits per heavy atom. The van der Waals surface area contributed by atoms with Gasteiger partial charge >= 0.3 is 0 Å². The van der Waals surface area contributed by atoms with Gasteiger partial charge in [-0.05, 0) is 12.1 Å². The number of amides is 1. The van der Waals surface area contributed by atoms with E-state index in [-0.39, 0.29) is 17.4 Å². The standard InChI is InChI=1S/C11H11N5O2S/c12-10(16-18)7-1-2-8(14-5-7)11(17)15-6-9-13-3-4-19-9/h1-5,18H,6H2,(H2,12,16)(H,15,17). The number of nitrogens with zero attached hydrogens (tertiary/aromatic N) is 3. The molecule has 0 atom stereocenters. The Morgan fingerprint density at radius 3 is 2.89 bits per heavy atom. The van der Waals surface area contributed by atoms with Crippen LogP contribution in [0.1, 0.15) is 21.1 Å². The number of carbonyl (C=O) groups excluding carboxylic acids is 1. The highest BCUT2D eigenvalue weighted by atomic mass is 32.1. The predicted octanol–water partition coefficient (Wildman–Crippen LogP) is 0.563. The molecule has 1 amide bonds. The van der Waals surface area contributed by atoms with E-state index >= 15 is 0 Å². The van der Waals surface area contributed by atoms with Crippen LogP contribution in [0.5, 0.6) is 0 Å². The fourth-order valence-corrected chi connectivity index (χ4v) is 1.88. The summed E-state index contributed by atoms with van der Waals surface area (Å²) in [7, 11) is 0. The van der Waals surface area contributed by atoms with E-state index in [1.54, 1.807) is 12.3 Å². The van der Waals surface area contributed by atoms with Crippen molar-refractivity contribution in [1.82, 2.24) is 15.3 Å². The average molecular weight is 277 g/mol. The van der Waals surface area contributed by atoms with Crippen molar-refractivity contribution in [3.05, 3.63) is 46.2 Å². The Hall–Kier alpha value is -2.48. The highest BCUT2D eigenvalue weighted by Crippen LogP contribution is 2.04. The van der Waals surface area contributed by atoms with Gasteiger partial charge in [0.15, 0.2) is 5.84 Å². The molecule has 0 spiro atoms. The molecular formula is C11H11N5O2S. The maximum Gasteiger partial charge on any atom is 0.270 e. The van der Waals surface area contributed by atoms with Crippen LogP contribution in [0, 0.1) is 0 Å². The Kier molecular flexibility index (Phi) is 4.04. The molecule has 0 aliphatic rings. The van der Waals surface area contributed by atoms with E-state index in [0.717, 1.165) is 5.01 Å². The highest BCUT2D eigenvalue weighted by Gasteiger charge is 2.08. The van der Waals surface area contributed by atoms with Gasteiger partial charge < -0.3 is 16.3 Å². The minimum absolute atomic E-state index is 0.0535. The van der Waals surface area contributed by atoms with Crippen LogP contribution in [0.25, 0.3) is 0 Å². The first-order valence-electron chi connectivity index (χ1n) is 5.31. The van der Waals surface area contributed by atoms with Gasteiger partial charge in [-0.1, -0.05) is 5.16 Å². The van der Waals surface area contributed by atoms with Gasteiger partial charge in [-0.15, -0.1) is 11.3 Å². The number of oxime groups is 1. The lowest BCUT2D eigenvalue weighted by Gasteiger charge is -2.03. The molecule has 0 unspecified atom stereocenters. The zero-order chi connectivity index (χ0) is 13.7. The van der Waals surface area contributed by atoms with Crippen LogP contribution < -0.4 is 11.1 Å². The van der Waals surface area contributed by atoms with E-state index in [0.29, 0.717) is 12.1 Å². The third kappa shape index (κ3) is 3.26. The van der Waals surface area contributed by atoms with E-state index in [4.69, 9.17) is 10.9 Å². The molecule has 0 fully saturated rings. The second kappa shape index (κ2) is 5.91. The first-order chi connectivity index (χ1) is 9.20. The lowest BCUT2D eigenvalue weighted by atomic mass is 10.2. The molecule has 98 valence electrons. The SMILES string of the molecule is NC(=NO)c1ccc(C(=O)NCc2nccs2)nc1. The summed E-state index contributed by atoms with van der Waals surface area (Å²) < 4.78 is 0. The molecule has 7 nitrogen and oxygen atoms in total. The van der Waals surface area contributed by atoms with E-state index in [1.165, 1.54) is 23.6 Å². The molecule has 2 heterocycles. The van der Waals surface area contributed by atoms with Gasteiger partial charge in [-0.3, -0.25) is 9.78 Å². The summed E-state index contributed by atoms with van der Waals surface area (Å²) in [5, 5.41) is 16.7. The van der Waals surface area contributed by atoms with E-state index in [9.17, 15) is 4.79 Å². The van der Waals surface area contributed by atoms with Gasteiger partial charge in [-0.25, -0.2) is 4.98 Å². The zero-order valence-corrected chi connectivity index (χ0v) is 10.6. The van der Waals surface area contributed by atoms with Gasteiger partial charge in [0.1, 0.15) is 10.7 Å². The van der Waals surface area contributed by atoms with Gasteiger partial charge in [0.25, 0.3) is 5.91 Å². The second-order valence-corrected chi connectivity index (χ2v) is 4.50. The van der Waals surface area contributed by atoms with E-state index in [1.807, 2.05) is 5.38 Å². The Bertz CT molecular complexity index is 580. The molecule has 8 heteroatoms. The molecule has 0 aliphatic carbocycles. The molecule has 2 aromatic rings. The maximum absolute atomic E-state index is 11.8. The topological polar surface area (TPSA) is 113 Å². The summed E-state index contributed by atoms with van der Waals surface area (Å²) >= 11 is 1.46. The van der Waals surface area contributed by atoms with Crippen LogP contribution in [0.2, 0.25) is 0 Å². The van der Waals surface area contributed by atoms with Crippen molar-refractivity contribution in [2.24, 2.45) is 10.9 Å². The number of nitrogens with two attached hydrogens (primary N) is 1. The fraction of sp³-hybridized carbons (Fsp3) is 0.0909. The van der Waals surface area contributed by atoms with Crippen molar-refractivity contribution in [1.29, 1.82) is 0 Å². The normalized spacial score (nSPS) is 11.3. The zero-order valence-electron chi connectivity index (χ0n) is 9.78. The quantitative estimate of drug-likeness (QED) is 0.327. The average Bonchev–Trinajstić information content (AvgIpc) is 2.97. The molecule has 0 aromatic carbocycles. The monoisotopic (exact) mass is 277 g/mol. The summed E-state index contributed by atoms with van der Waals surface area (Å²) in [5.41, 5.74) is 6.09. The highest BCUT2D eigenvalue weighted by molar-refractivity contribution is 7.09. The fourth-order valence-electron chi connectivity index (χ4n) is 1.32. The lowest BCUT2D eigenvalue weighted by Crippen LogP contribution is -2.24. The molecule has 0 bridgehead atoms. The van der Waals surface area contributed by atoms with Crippen molar-refractivity contribution in [3.63, 3.8) is 0 Å². The molecule has 19 heavy (non-hydrogen) atoms. The lowest BCUT2D eigenvalue weighted by molar-refractivity contribution is 0.0946. The largest absolute Gasteiger partial charge is 0.409 e.